The molecule has 0 amide bonds. The van der Waals surface area contributed by atoms with E-state index in [1.807, 2.05) is 128 Å². The second-order valence-corrected chi connectivity index (χ2v) is 9.37. The third-order valence-electron chi connectivity index (χ3n) is 6.59. The monoisotopic (exact) mass is 511 g/mol. The molecule has 0 aliphatic carbocycles. The molecule has 1 heterocycles. The van der Waals surface area contributed by atoms with Crippen molar-refractivity contribution in [1.29, 1.82) is 0 Å². The van der Waals surface area contributed by atoms with Crippen LogP contribution in [0.15, 0.2) is 126 Å². The van der Waals surface area contributed by atoms with Gasteiger partial charge in [0.25, 0.3) is 5.56 Å². The molecule has 0 aliphatic rings. The number of pyridine rings is 1. The van der Waals surface area contributed by atoms with Gasteiger partial charge in [-0.3, -0.25) is 4.79 Å². The highest BCUT2D eigenvalue weighted by Gasteiger charge is 2.21. The number of carbonyl (C=O) groups excluding carboxylic acids is 1. The number of benzene rings is 4. The highest BCUT2D eigenvalue weighted by atomic mass is 16.5. The number of nitrogens with zero attached hydrogens (tertiary/aromatic N) is 1. The van der Waals surface area contributed by atoms with Gasteiger partial charge in [-0.05, 0) is 40.8 Å². The standard InChI is InChI=1S/C35H29NO3/c1-26-23-36(24-28-15-7-3-8-16-28)34(37)33(30(26)22-21-27-13-5-2-6-14-27)31-19-11-12-20-32(31)35(38)39-25-29-17-9-4-10-18-29/h2-23H,24-25H2,1H3/b22-21+. The Bertz CT molecular complexity index is 1650. The summed E-state index contributed by atoms with van der Waals surface area (Å²) in [5.41, 5.74) is 5.87. The highest BCUT2D eigenvalue weighted by Crippen LogP contribution is 2.29. The molecule has 0 spiro atoms. The predicted molar refractivity (Wildman–Crippen MR) is 157 cm³/mol. The minimum absolute atomic E-state index is 0.154. The lowest BCUT2D eigenvalue weighted by Crippen LogP contribution is -2.24. The number of hydrogen-bond donors (Lipinski definition) is 0. The van der Waals surface area contributed by atoms with Crippen molar-refractivity contribution >= 4 is 18.1 Å². The lowest BCUT2D eigenvalue weighted by atomic mass is 9.93. The topological polar surface area (TPSA) is 48.3 Å². The molecular weight excluding hydrogens is 482 g/mol. The van der Waals surface area contributed by atoms with Gasteiger partial charge >= 0.3 is 5.97 Å². The molecule has 192 valence electrons. The van der Waals surface area contributed by atoms with Gasteiger partial charge in [-0.15, -0.1) is 0 Å². The van der Waals surface area contributed by atoms with Gasteiger partial charge in [-0.1, -0.05) is 121 Å². The first kappa shape index (κ1) is 25.7. The van der Waals surface area contributed by atoms with Gasteiger partial charge in [-0.25, -0.2) is 4.79 Å². The molecule has 39 heavy (non-hydrogen) atoms. The summed E-state index contributed by atoms with van der Waals surface area (Å²) in [7, 11) is 0. The van der Waals surface area contributed by atoms with Gasteiger partial charge in [0.15, 0.2) is 0 Å². The maximum absolute atomic E-state index is 14.1. The Labute approximate surface area is 228 Å². The number of hydrogen-bond acceptors (Lipinski definition) is 3. The van der Waals surface area contributed by atoms with E-state index in [0.29, 0.717) is 23.2 Å². The largest absolute Gasteiger partial charge is 0.457 e. The van der Waals surface area contributed by atoms with Gasteiger partial charge in [0.1, 0.15) is 6.61 Å². The lowest BCUT2D eigenvalue weighted by Gasteiger charge is -2.17. The van der Waals surface area contributed by atoms with Crippen LogP contribution >= 0.6 is 0 Å². The van der Waals surface area contributed by atoms with Crippen LogP contribution in [0.1, 0.15) is 38.2 Å². The van der Waals surface area contributed by atoms with E-state index in [9.17, 15) is 9.59 Å². The number of rotatable bonds is 8. The van der Waals surface area contributed by atoms with Crippen LogP contribution in [0.5, 0.6) is 0 Å². The normalized spacial score (nSPS) is 11.0. The zero-order valence-corrected chi connectivity index (χ0v) is 21.8. The molecule has 0 saturated heterocycles. The second kappa shape index (κ2) is 12.1. The minimum atomic E-state index is -0.469. The molecule has 0 bridgehead atoms. The first-order chi connectivity index (χ1) is 19.1. The van der Waals surface area contributed by atoms with Gasteiger partial charge < -0.3 is 9.30 Å². The van der Waals surface area contributed by atoms with E-state index in [2.05, 4.69) is 0 Å². The zero-order chi connectivity index (χ0) is 27.0. The quantitative estimate of drug-likeness (QED) is 0.204. The Hall–Kier alpha value is -4.96. The molecule has 0 N–H and O–H groups in total. The van der Waals surface area contributed by atoms with E-state index < -0.39 is 5.97 Å². The molecule has 4 nitrogen and oxygen atoms in total. The van der Waals surface area contributed by atoms with Crippen LogP contribution in [0.3, 0.4) is 0 Å². The number of carbonyl (C=O) groups is 1. The van der Waals surface area contributed by atoms with Crippen molar-refractivity contribution < 1.29 is 9.53 Å². The molecule has 0 fully saturated rings. The number of esters is 1. The van der Waals surface area contributed by atoms with Crippen molar-refractivity contribution in [2.75, 3.05) is 0 Å². The van der Waals surface area contributed by atoms with Crippen molar-refractivity contribution in [2.45, 2.75) is 20.1 Å². The Morgan fingerprint density at radius 1 is 0.744 bits per heavy atom. The third-order valence-corrected chi connectivity index (χ3v) is 6.59. The van der Waals surface area contributed by atoms with Crippen LogP contribution < -0.4 is 5.56 Å². The SMILES string of the molecule is Cc1cn(Cc2ccccc2)c(=O)c(-c2ccccc2C(=O)OCc2ccccc2)c1/C=C/c1ccccc1. The highest BCUT2D eigenvalue weighted by molar-refractivity contribution is 5.99. The minimum Gasteiger partial charge on any atom is -0.457 e. The summed E-state index contributed by atoms with van der Waals surface area (Å²) in [4.78, 5) is 27.4. The van der Waals surface area contributed by atoms with Crippen molar-refractivity contribution in [1.82, 2.24) is 4.57 Å². The van der Waals surface area contributed by atoms with Gasteiger partial charge in [0.05, 0.1) is 17.7 Å². The van der Waals surface area contributed by atoms with Crippen LogP contribution in [0, 0.1) is 6.92 Å². The van der Waals surface area contributed by atoms with Crippen molar-refractivity contribution in [3.63, 3.8) is 0 Å². The molecular formula is C35H29NO3. The maximum atomic E-state index is 14.1. The average molecular weight is 512 g/mol. The molecule has 1 aromatic heterocycles. The van der Waals surface area contributed by atoms with Crippen molar-refractivity contribution in [2.24, 2.45) is 0 Å². The van der Waals surface area contributed by atoms with Gasteiger partial charge in [0.2, 0.25) is 0 Å². The smallest absolute Gasteiger partial charge is 0.339 e. The van der Waals surface area contributed by atoms with E-state index in [1.54, 1.807) is 16.7 Å². The molecule has 4 heteroatoms. The molecule has 4 aromatic carbocycles. The number of aromatic nitrogens is 1. The summed E-state index contributed by atoms with van der Waals surface area (Å²) in [5, 5.41) is 0. The van der Waals surface area contributed by atoms with Gasteiger partial charge in [-0.2, -0.15) is 0 Å². The Morgan fingerprint density at radius 3 is 2.03 bits per heavy atom. The van der Waals surface area contributed by atoms with Crippen LogP contribution in [0.4, 0.5) is 0 Å². The molecule has 0 radical (unpaired) electrons. The summed E-state index contributed by atoms with van der Waals surface area (Å²) in [6.07, 6.45) is 5.84. The molecule has 0 aliphatic heterocycles. The van der Waals surface area contributed by atoms with Crippen molar-refractivity contribution in [3.05, 3.63) is 165 Å². The van der Waals surface area contributed by atoms with Gasteiger partial charge in [0, 0.05) is 11.8 Å². The van der Waals surface area contributed by atoms with Crippen LogP contribution in [0.25, 0.3) is 23.3 Å². The second-order valence-electron chi connectivity index (χ2n) is 9.37. The molecule has 5 aromatic rings. The maximum Gasteiger partial charge on any atom is 0.339 e. The first-order valence-electron chi connectivity index (χ1n) is 12.9. The molecule has 0 atom stereocenters. The van der Waals surface area contributed by atoms with Crippen LogP contribution in [0.2, 0.25) is 0 Å². The number of ether oxygens (including phenoxy) is 1. The lowest BCUT2D eigenvalue weighted by molar-refractivity contribution is 0.0473. The summed E-state index contributed by atoms with van der Waals surface area (Å²) in [6.45, 7) is 2.57. The fourth-order valence-electron chi connectivity index (χ4n) is 4.61. The van der Waals surface area contributed by atoms with E-state index in [-0.39, 0.29) is 12.2 Å². The van der Waals surface area contributed by atoms with Crippen LogP contribution in [-0.4, -0.2) is 10.5 Å². The molecule has 5 rings (SSSR count). The third kappa shape index (κ3) is 6.13. The predicted octanol–water partition coefficient (Wildman–Crippen LogP) is 7.40. The fourth-order valence-corrected chi connectivity index (χ4v) is 4.61. The summed E-state index contributed by atoms with van der Waals surface area (Å²) >= 11 is 0. The molecule has 0 unspecified atom stereocenters. The molecule has 0 saturated carbocycles. The summed E-state index contributed by atoms with van der Waals surface area (Å²) < 4.78 is 7.39. The Balaban J connectivity index is 1.61. The Kier molecular flexibility index (Phi) is 7.94. The average Bonchev–Trinajstić information content (AvgIpc) is 2.98. The number of aryl methyl sites for hydroxylation is 1. The van der Waals surface area contributed by atoms with E-state index in [0.717, 1.165) is 27.8 Å². The van der Waals surface area contributed by atoms with Crippen LogP contribution in [-0.2, 0) is 17.9 Å². The Morgan fingerprint density at radius 2 is 1.33 bits per heavy atom. The van der Waals surface area contributed by atoms with E-state index in [4.69, 9.17) is 4.74 Å². The van der Waals surface area contributed by atoms with E-state index in [1.165, 1.54) is 0 Å². The first-order valence-corrected chi connectivity index (χ1v) is 12.9. The van der Waals surface area contributed by atoms with E-state index >= 15 is 0 Å². The fraction of sp³-hybridized carbons (Fsp3) is 0.0857. The summed E-state index contributed by atoms with van der Waals surface area (Å²) in [5.74, 6) is -0.469. The summed E-state index contributed by atoms with van der Waals surface area (Å²) in [6, 6.07) is 36.6. The van der Waals surface area contributed by atoms with Crippen molar-refractivity contribution in [3.8, 4) is 11.1 Å². The zero-order valence-electron chi connectivity index (χ0n) is 21.8.